The van der Waals surface area contributed by atoms with Crippen molar-refractivity contribution >= 4 is 38.8 Å². The molecule has 7 aromatic rings. The summed E-state index contributed by atoms with van der Waals surface area (Å²) in [5.41, 5.74) is 11.1. The number of para-hydroxylation sites is 1. The molecule has 0 amide bonds. The first-order valence-electron chi connectivity index (χ1n) is 14.5. The van der Waals surface area contributed by atoms with Gasteiger partial charge in [-0.15, -0.1) is 0 Å². The van der Waals surface area contributed by atoms with Crippen LogP contribution in [0.4, 0.5) is 0 Å². The lowest BCUT2D eigenvalue weighted by Crippen LogP contribution is -2.01. The van der Waals surface area contributed by atoms with Crippen molar-refractivity contribution < 1.29 is 0 Å². The van der Waals surface area contributed by atoms with Crippen molar-refractivity contribution in [2.75, 3.05) is 0 Å². The van der Waals surface area contributed by atoms with E-state index in [9.17, 15) is 15.8 Å². The van der Waals surface area contributed by atoms with E-state index in [2.05, 4.69) is 88.0 Å². The largest absolute Gasteiger partial charge is 0.310 e. The highest BCUT2D eigenvalue weighted by molar-refractivity contribution is 6.10. The van der Waals surface area contributed by atoms with E-state index in [4.69, 9.17) is 0 Å². The Morgan fingerprint density at radius 1 is 0.523 bits per heavy atom. The number of nitrogens with zero attached hydrogens (tertiary/aromatic N) is 5. The van der Waals surface area contributed by atoms with E-state index >= 15 is 0 Å². The van der Waals surface area contributed by atoms with E-state index in [0.717, 1.165) is 62.7 Å². The molecule has 0 radical (unpaired) electrons. The van der Waals surface area contributed by atoms with Gasteiger partial charge in [0.25, 0.3) is 0 Å². The van der Waals surface area contributed by atoms with Gasteiger partial charge in [0.2, 0.25) is 0 Å². The van der Waals surface area contributed by atoms with E-state index in [1.807, 2.05) is 54.6 Å². The number of hydrogen-bond donors (Lipinski definition) is 0. The Balaban J connectivity index is 1.34. The van der Waals surface area contributed by atoms with Gasteiger partial charge in [0, 0.05) is 33.2 Å². The topological polar surface area (TPSA) is 81.2 Å². The fraction of sp³-hybridized carbons (Fsp3) is 0.0513. The number of rotatable bonds is 3. The smallest absolute Gasteiger partial charge is 0.0992 e. The first kappa shape index (κ1) is 25.4. The van der Waals surface area contributed by atoms with E-state index in [1.165, 1.54) is 16.6 Å². The molecule has 44 heavy (non-hydrogen) atoms. The van der Waals surface area contributed by atoms with Gasteiger partial charge in [-0.05, 0) is 108 Å². The molecule has 2 aromatic heterocycles. The predicted octanol–water partition coefficient (Wildman–Crippen LogP) is 8.97. The van der Waals surface area contributed by atoms with Crippen LogP contribution in [0.2, 0.25) is 0 Å². The van der Waals surface area contributed by atoms with Crippen LogP contribution in [0.5, 0.6) is 0 Å². The zero-order chi connectivity index (χ0) is 29.8. The third-order valence-corrected chi connectivity index (χ3v) is 8.62. The number of aryl methyl sites for hydroxylation is 1. The molecule has 0 N–H and O–H groups in total. The summed E-state index contributed by atoms with van der Waals surface area (Å²) in [5, 5.41) is 32.3. The molecule has 5 aromatic carbocycles. The minimum Gasteiger partial charge on any atom is -0.310 e. The van der Waals surface area contributed by atoms with Crippen molar-refractivity contribution in [3.63, 3.8) is 0 Å². The molecular weight excluding hydrogens is 538 g/mol. The van der Waals surface area contributed by atoms with Gasteiger partial charge in [-0.3, -0.25) is 0 Å². The zero-order valence-corrected chi connectivity index (χ0v) is 23.6. The Morgan fingerprint density at radius 3 is 1.93 bits per heavy atom. The Morgan fingerprint density at radius 2 is 1.20 bits per heavy atom. The molecule has 0 atom stereocenters. The van der Waals surface area contributed by atoms with Crippen LogP contribution in [-0.2, 0) is 6.42 Å². The third-order valence-electron chi connectivity index (χ3n) is 8.62. The van der Waals surface area contributed by atoms with Crippen molar-refractivity contribution in [2.24, 2.45) is 0 Å². The van der Waals surface area contributed by atoms with Crippen molar-refractivity contribution in [1.29, 1.82) is 15.8 Å². The van der Waals surface area contributed by atoms with Gasteiger partial charge in [0.1, 0.15) is 0 Å². The molecule has 0 saturated heterocycles. The van der Waals surface area contributed by atoms with Crippen LogP contribution in [0.25, 0.3) is 61.3 Å². The van der Waals surface area contributed by atoms with Crippen LogP contribution in [0.15, 0.2) is 109 Å². The maximum Gasteiger partial charge on any atom is 0.0992 e. The molecule has 0 unspecified atom stereocenters. The maximum atomic E-state index is 10.1. The summed E-state index contributed by atoms with van der Waals surface area (Å²) in [5.74, 6) is 0. The summed E-state index contributed by atoms with van der Waals surface area (Å²) < 4.78 is 4.45. The lowest BCUT2D eigenvalue weighted by atomic mass is 10.0. The highest BCUT2D eigenvalue weighted by Gasteiger charge is 2.19. The molecule has 1 aliphatic carbocycles. The molecule has 1 aliphatic rings. The Bertz CT molecular complexity index is 2410. The molecule has 8 rings (SSSR count). The number of allylic oxidation sites excluding steroid dienone is 1. The Labute approximate surface area is 254 Å². The number of fused-ring (bicyclic) bond motifs is 6. The second-order valence-corrected chi connectivity index (χ2v) is 11.1. The van der Waals surface area contributed by atoms with Gasteiger partial charge in [-0.2, -0.15) is 15.8 Å². The molecule has 0 spiro atoms. The van der Waals surface area contributed by atoms with Gasteiger partial charge in [-0.25, -0.2) is 0 Å². The van der Waals surface area contributed by atoms with Crippen molar-refractivity contribution in [2.45, 2.75) is 12.8 Å². The normalized spacial score (nSPS) is 12.2. The number of benzene rings is 5. The molecule has 0 aliphatic heterocycles. The summed E-state index contributed by atoms with van der Waals surface area (Å²) in [6, 6.07) is 41.1. The Kier molecular flexibility index (Phi) is 5.70. The molecule has 204 valence electrons. The lowest BCUT2D eigenvalue weighted by Gasteiger charge is -2.15. The summed E-state index contributed by atoms with van der Waals surface area (Å²) in [6.07, 6.45) is 6.45. The molecule has 0 bridgehead atoms. The van der Waals surface area contributed by atoms with E-state index in [1.54, 1.807) is 0 Å². The van der Waals surface area contributed by atoms with Gasteiger partial charge >= 0.3 is 0 Å². The van der Waals surface area contributed by atoms with Crippen molar-refractivity contribution in [3.05, 3.63) is 137 Å². The van der Waals surface area contributed by atoms with Crippen LogP contribution in [0, 0.1) is 34.0 Å². The summed E-state index contributed by atoms with van der Waals surface area (Å²) in [6.45, 7) is 0. The zero-order valence-electron chi connectivity index (χ0n) is 23.6. The monoisotopic (exact) mass is 561 g/mol. The van der Waals surface area contributed by atoms with Crippen LogP contribution >= 0.6 is 0 Å². The van der Waals surface area contributed by atoms with E-state index in [-0.39, 0.29) is 0 Å². The van der Waals surface area contributed by atoms with Gasteiger partial charge in [0.05, 0.1) is 51.4 Å². The van der Waals surface area contributed by atoms with Crippen molar-refractivity contribution in [3.8, 4) is 40.7 Å². The average molecular weight is 562 g/mol. The van der Waals surface area contributed by atoms with E-state index < -0.39 is 0 Å². The summed E-state index contributed by atoms with van der Waals surface area (Å²) in [7, 11) is 0. The highest BCUT2D eigenvalue weighted by atomic mass is 15.0. The quantitative estimate of drug-likeness (QED) is 0.216. The standard InChI is InChI=1S/C39H23N5/c40-22-25-12-14-38-34(18-25)35-19-26(23-41)13-15-39(35)43(38)30-7-5-6-28(20-30)29-16-27(24-42)17-31(21-29)44-36-10-3-1-8-32(36)33-9-2-4-11-37(33)44/h1,3-8,10-21H,2,9H2. The first-order chi connectivity index (χ1) is 21.7. The van der Waals surface area contributed by atoms with Gasteiger partial charge < -0.3 is 9.13 Å². The molecule has 5 nitrogen and oxygen atoms in total. The Hall–Kier alpha value is -6.35. The second kappa shape index (κ2) is 9.88. The van der Waals surface area contributed by atoms with Crippen LogP contribution < -0.4 is 0 Å². The lowest BCUT2D eigenvalue weighted by molar-refractivity contribution is 0.967. The molecule has 5 heteroatoms. The first-order valence-corrected chi connectivity index (χ1v) is 14.5. The molecular formula is C39H23N5. The van der Waals surface area contributed by atoms with Gasteiger partial charge in [0.15, 0.2) is 0 Å². The SMILES string of the molecule is N#Cc1cc(-c2cccc(-n3c4ccc(C#N)cc4c4cc(C#N)ccc43)c2)cc(-n2c3c(c4ccccc42)CCC=C3)c1. The molecule has 0 fully saturated rings. The second-order valence-electron chi connectivity index (χ2n) is 11.1. The van der Waals surface area contributed by atoms with Crippen LogP contribution in [0.3, 0.4) is 0 Å². The summed E-state index contributed by atoms with van der Waals surface area (Å²) in [4.78, 5) is 0. The highest BCUT2D eigenvalue weighted by Crippen LogP contribution is 2.37. The van der Waals surface area contributed by atoms with Crippen LogP contribution in [0.1, 0.15) is 34.4 Å². The van der Waals surface area contributed by atoms with E-state index in [0.29, 0.717) is 16.7 Å². The minimum atomic E-state index is 0.572. The number of hydrogen-bond acceptors (Lipinski definition) is 3. The van der Waals surface area contributed by atoms with Crippen LogP contribution in [-0.4, -0.2) is 9.13 Å². The number of aromatic nitrogens is 2. The fourth-order valence-electron chi connectivity index (χ4n) is 6.70. The minimum absolute atomic E-state index is 0.572. The fourth-order valence-corrected chi connectivity index (χ4v) is 6.70. The van der Waals surface area contributed by atoms with Gasteiger partial charge in [-0.1, -0.05) is 36.4 Å². The number of nitriles is 3. The predicted molar refractivity (Wildman–Crippen MR) is 175 cm³/mol. The maximum absolute atomic E-state index is 10.1. The molecule has 2 heterocycles. The average Bonchev–Trinajstić information content (AvgIpc) is 3.60. The van der Waals surface area contributed by atoms with Crippen molar-refractivity contribution in [1.82, 2.24) is 9.13 Å². The molecule has 0 saturated carbocycles. The third kappa shape index (κ3) is 3.83. The summed E-state index contributed by atoms with van der Waals surface area (Å²) >= 11 is 0.